The zero-order valence-corrected chi connectivity index (χ0v) is 32.1. The molecule has 0 amide bonds. The van der Waals surface area contributed by atoms with E-state index in [-0.39, 0.29) is 5.41 Å². The van der Waals surface area contributed by atoms with Crippen molar-refractivity contribution in [2.45, 2.75) is 95.3 Å². The molecule has 4 fully saturated rings. The average molecular weight is 704 g/mol. The molecule has 0 heterocycles. The van der Waals surface area contributed by atoms with Crippen molar-refractivity contribution in [3.8, 4) is 33.4 Å². The van der Waals surface area contributed by atoms with Crippen molar-refractivity contribution in [2.75, 3.05) is 4.90 Å². The van der Waals surface area contributed by atoms with Gasteiger partial charge in [-0.15, -0.1) is 0 Å². The van der Waals surface area contributed by atoms with E-state index >= 15 is 0 Å². The van der Waals surface area contributed by atoms with E-state index < -0.39 is 0 Å². The maximum Gasteiger partial charge on any atom is 0.0465 e. The van der Waals surface area contributed by atoms with Gasteiger partial charge in [0.2, 0.25) is 0 Å². The van der Waals surface area contributed by atoms with Gasteiger partial charge in [-0.05, 0) is 148 Å². The van der Waals surface area contributed by atoms with E-state index in [9.17, 15) is 0 Å². The Morgan fingerprint density at radius 3 is 1.78 bits per heavy atom. The molecule has 0 aliphatic heterocycles. The minimum absolute atomic E-state index is 0.124. The van der Waals surface area contributed by atoms with E-state index in [1.54, 1.807) is 5.56 Å². The predicted molar refractivity (Wildman–Crippen MR) is 228 cm³/mol. The van der Waals surface area contributed by atoms with E-state index in [4.69, 9.17) is 0 Å². The zero-order chi connectivity index (χ0) is 36.2. The first-order chi connectivity index (χ1) is 26.5. The molecular formula is C53H53N. The van der Waals surface area contributed by atoms with Crippen LogP contribution in [0, 0.1) is 11.8 Å². The molecule has 54 heavy (non-hydrogen) atoms. The van der Waals surface area contributed by atoms with Gasteiger partial charge in [0, 0.05) is 22.5 Å². The molecule has 6 aromatic rings. The Morgan fingerprint density at radius 1 is 0.481 bits per heavy atom. The van der Waals surface area contributed by atoms with Crippen LogP contribution in [0.3, 0.4) is 0 Å². The third kappa shape index (κ3) is 5.92. The van der Waals surface area contributed by atoms with Gasteiger partial charge in [0.1, 0.15) is 0 Å². The van der Waals surface area contributed by atoms with Crippen LogP contribution in [0.15, 0.2) is 140 Å². The van der Waals surface area contributed by atoms with Gasteiger partial charge >= 0.3 is 0 Å². The Balaban J connectivity index is 1.03. The molecule has 0 spiro atoms. The largest absolute Gasteiger partial charge is 0.310 e. The van der Waals surface area contributed by atoms with Gasteiger partial charge in [0.05, 0.1) is 0 Å². The third-order valence-electron chi connectivity index (χ3n) is 14.1. The highest BCUT2D eigenvalue weighted by Crippen LogP contribution is 2.54. The Labute approximate surface area is 323 Å². The minimum atomic E-state index is -0.124. The smallest absolute Gasteiger partial charge is 0.0465 e. The summed E-state index contributed by atoms with van der Waals surface area (Å²) in [6, 6.07) is 53.5. The van der Waals surface area contributed by atoms with Gasteiger partial charge in [-0.1, -0.05) is 149 Å². The molecule has 2 bridgehead atoms. The fourth-order valence-electron chi connectivity index (χ4n) is 11.1. The van der Waals surface area contributed by atoms with Crippen LogP contribution < -0.4 is 4.90 Å². The maximum atomic E-state index is 2.52. The van der Waals surface area contributed by atoms with E-state index in [1.807, 2.05) is 0 Å². The van der Waals surface area contributed by atoms with Crippen molar-refractivity contribution in [1.82, 2.24) is 0 Å². The maximum absolute atomic E-state index is 2.52. The molecule has 1 nitrogen and oxygen atoms in total. The fraction of sp³-hybridized carbons (Fsp3) is 0.321. The number of nitrogens with zero attached hydrogens (tertiary/aromatic N) is 1. The molecule has 5 aliphatic rings. The molecule has 6 aromatic carbocycles. The molecule has 11 rings (SSSR count). The summed E-state index contributed by atoms with van der Waals surface area (Å²) < 4.78 is 0. The summed E-state index contributed by atoms with van der Waals surface area (Å²) in [6.45, 7) is 4.83. The third-order valence-corrected chi connectivity index (χ3v) is 14.1. The predicted octanol–water partition coefficient (Wildman–Crippen LogP) is 15.1. The SMILES string of the molecule is CC1(C)c2cc(N(c3ccc(C4CCCCC4)cc3)c3ccc(C4CC5CCC4CC5)cc3)ccc2-c2c(-c3ccc(-c4ccccc4)cc3)cccc21. The van der Waals surface area contributed by atoms with Gasteiger partial charge < -0.3 is 4.90 Å². The van der Waals surface area contributed by atoms with Gasteiger partial charge in [0.25, 0.3) is 0 Å². The summed E-state index contributed by atoms with van der Waals surface area (Å²) in [4.78, 5) is 2.52. The van der Waals surface area contributed by atoms with Crippen LogP contribution in [0.5, 0.6) is 0 Å². The lowest BCUT2D eigenvalue weighted by atomic mass is 9.63. The van der Waals surface area contributed by atoms with Crippen molar-refractivity contribution < 1.29 is 0 Å². The Kier molecular flexibility index (Phi) is 8.58. The fourth-order valence-corrected chi connectivity index (χ4v) is 11.1. The number of anilines is 3. The number of benzene rings is 6. The second kappa shape index (κ2) is 13.8. The number of hydrogen-bond donors (Lipinski definition) is 0. The van der Waals surface area contributed by atoms with E-state index in [0.717, 1.165) is 17.8 Å². The van der Waals surface area contributed by atoms with Crippen LogP contribution in [0.4, 0.5) is 17.1 Å². The van der Waals surface area contributed by atoms with Crippen LogP contribution in [0.25, 0.3) is 33.4 Å². The second-order valence-electron chi connectivity index (χ2n) is 17.5. The summed E-state index contributed by atoms with van der Waals surface area (Å²) in [6.07, 6.45) is 13.9. The number of hydrogen-bond acceptors (Lipinski definition) is 1. The van der Waals surface area contributed by atoms with Crippen molar-refractivity contribution in [3.05, 3.63) is 162 Å². The van der Waals surface area contributed by atoms with Crippen LogP contribution in [-0.4, -0.2) is 0 Å². The summed E-state index contributed by atoms with van der Waals surface area (Å²) in [7, 11) is 0. The van der Waals surface area contributed by atoms with E-state index in [1.165, 1.54) is 131 Å². The van der Waals surface area contributed by atoms with E-state index in [0.29, 0.717) is 5.92 Å². The first kappa shape index (κ1) is 33.7. The lowest BCUT2D eigenvalue weighted by molar-refractivity contribution is 0.145. The monoisotopic (exact) mass is 703 g/mol. The number of rotatable bonds is 7. The van der Waals surface area contributed by atoms with Crippen LogP contribution >= 0.6 is 0 Å². The topological polar surface area (TPSA) is 3.24 Å². The molecule has 270 valence electrons. The lowest BCUT2D eigenvalue weighted by Crippen LogP contribution is -2.29. The molecule has 0 saturated heterocycles. The molecule has 1 unspecified atom stereocenters. The van der Waals surface area contributed by atoms with Gasteiger partial charge in [-0.2, -0.15) is 0 Å². The Bertz CT molecular complexity index is 2250. The zero-order valence-electron chi connectivity index (χ0n) is 32.1. The molecule has 4 saturated carbocycles. The summed E-state index contributed by atoms with van der Waals surface area (Å²) >= 11 is 0. The molecule has 0 radical (unpaired) electrons. The highest BCUT2D eigenvalue weighted by molar-refractivity contribution is 5.94. The first-order valence-corrected chi connectivity index (χ1v) is 21.0. The van der Waals surface area contributed by atoms with Crippen molar-refractivity contribution in [3.63, 3.8) is 0 Å². The van der Waals surface area contributed by atoms with E-state index in [2.05, 4.69) is 158 Å². The van der Waals surface area contributed by atoms with Crippen LogP contribution in [-0.2, 0) is 5.41 Å². The average Bonchev–Trinajstić information content (AvgIpc) is 3.48. The highest BCUT2D eigenvalue weighted by atomic mass is 15.1. The summed E-state index contributed by atoms with van der Waals surface area (Å²) in [5.41, 5.74) is 17.3. The van der Waals surface area contributed by atoms with Gasteiger partial charge in [-0.25, -0.2) is 0 Å². The lowest BCUT2D eigenvalue weighted by Gasteiger charge is -2.42. The summed E-state index contributed by atoms with van der Waals surface area (Å²) in [5, 5.41) is 0. The van der Waals surface area contributed by atoms with Crippen LogP contribution in [0.2, 0.25) is 0 Å². The normalized spacial score (nSPS) is 21.4. The molecule has 1 atom stereocenters. The Hall–Kier alpha value is -4.88. The van der Waals surface area contributed by atoms with Gasteiger partial charge in [0.15, 0.2) is 0 Å². The first-order valence-electron chi connectivity index (χ1n) is 21.0. The highest BCUT2D eigenvalue weighted by Gasteiger charge is 2.38. The van der Waals surface area contributed by atoms with Crippen molar-refractivity contribution in [1.29, 1.82) is 0 Å². The minimum Gasteiger partial charge on any atom is -0.310 e. The molecule has 0 aromatic heterocycles. The summed E-state index contributed by atoms with van der Waals surface area (Å²) in [5.74, 6) is 3.25. The Morgan fingerprint density at radius 2 is 1.11 bits per heavy atom. The standard InChI is InChI=1S/C53H53N/c1-53(2)50-15-9-14-47(41-22-20-39(21-23-41)37-10-5-3-6-11-37)52(50)48-33-32-46(35-51(48)53)54(44-28-24-40(25-29-44)38-12-7-4-8-13-38)45-30-26-43(27-31-45)49-34-36-16-18-42(49)19-17-36/h3,5-6,9-11,14-15,20-33,35-36,38,42,49H,4,7-8,12-13,16-19,34H2,1-2H3. The quantitative estimate of drug-likeness (QED) is 0.160. The van der Waals surface area contributed by atoms with Crippen LogP contribution in [0.1, 0.15) is 112 Å². The molecular weight excluding hydrogens is 651 g/mol. The van der Waals surface area contributed by atoms with Crippen molar-refractivity contribution >= 4 is 17.1 Å². The number of fused-ring (bicyclic) bond motifs is 6. The molecule has 5 aliphatic carbocycles. The van der Waals surface area contributed by atoms with Gasteiger partial charge in [-0.3, -0.25) is 0 Å². The van der Waals surface area contributed by atoms with Crippen molar-refractivity contribution in [2.24, 2.45) is 11.8 Å². The second-order valence-corrected chi connectivity index (χ2v) is 17.5. The molecule has 0 N–H and O–H groups in total. The molecule has 1 heteroatoms.